The first-order chi connectivity index (χ1) is 11.4. The maximum Gasteiger partial charge on any atom is 0.314 e. The minimum absolute atomic E-state index is 0.917. The van der Waals surface area contributed by atoms with Gasteiger partial charge in [0.25, 0.3) is 0 Å². The van der Waals surface area contributed by atoms with E-state index in [9.17, 15) is 0 Å². The molecular formula is C20H16N3+. The standard InChI is InChI=1S/C20H16N3/c1-4-10-17(11-5-1)20-21-23(19-14-8-3-9-15-19)16-22(20)18-12-6-2-7-13-18/h1-16H/q+1. The molecule has 0 radical (unpaired) electrons. The molecule has 110 valence electrons. The quantitative estimate of drug-likeness (QED) is 0.527. The van der Waals surface area contributed by atoms with E-state index in [4.69, 9.17) is 5.10 Å². The predicted molar refractivity (Wildman–Crippen MR) is 90.5 cm³/mol. The molecule has 0 fully saturated rings. The highest BCUT2D eigenvalue weighted by Gasteiger charge is 2.21. The van der Waals surface area contributed by atoms with Gasteiger partial charge in [0, 0.05) is 0 Å². The molecule has 0 atom stereocenters. The first-order valence-corrected chi connectivity index (χ1v) is 7.59. The summed E-state index contributed by atoms with van der Waals surface area (Å²) in [5, 5.41) is 4.81. The molecular weight excluding hydrogens is 282 g/mol. The highest BCUT2D eigenvalue weighted by atomic mass is 15.4. The summed E-state index contributed by atoms with van der Waals surface area (Å²) in [7, 11) is 0. The lowest BCUT2D eigenvalue weighted by Gasteiger charge is -1.99. The fourth-order valence-electron chi connectivity index (χ4n) is 2.61. The van der Waals surface area contributed by atoms with Crippen LogP contribution >= 0.6 is 0 Å². The molecule has 0 saturated heterocycles. The number of aromatic nitrogens is 3. The van der Waals surface area contributed by atoms with Crippen molar-refractivity contribution in [2.24, 2.45) is 0 Å². The molecule has 1 aromatic heterocycles. The Labute approximate surface area is 135 Å². The third kappa shape index (κ3) is 2.64. The fourth-order valence-corrected chi connectivity index (χ4v) is 2.61. The van der Waals surface area contributed by atoms with E-state index in [0.717, 1.165) is 22.8 Å². The molecule has 3 heteroatoms. The summed E-state index contributed by atoms with van der Waals surface area (Å²) in [6, 6.07) is 30.7. The molecule has 0 unspecified atom stereocenters. The van der Waals surface area contributed by atoms with Crippen LogP contribution in [0.25, 0.3) is 22.8 Å². The van der Waals surface area contributed by atoms with E-state index >= 15 is 0 Å². The van der Waals surface area contributed by atoms with Gasteiger partial charge in [0.15, 0.2) is 0 Å². The number of para-hydroxylation sites is 2. The second-order valence-corrected chi connectivity index (χ2v) is 5.29. The molecule has 0 amide bonds. The Kier molecular flexibility index (Phi) is 3.45. The molecule has 0 aliphatic carbocycles. The molecule has 0 bridgehead atoms. The van der Waals surface area contributed by atoms with Gasteiger partial charge in [0.1, 0.15) is 11.4 Å². The smallest absolute Gasteiger partial charge is 0.196 e. The van der Waals surface area contributed by atoms with Gasteiger partial charge < -0.3 is 0 Å². The Morgan fingerprint density at radius 2 is 1.22 bits per heavy atom. The van der Waals surface area contributed by atoms with Gasteiger partial charge in [-0.3, -0.25) is 0 Å². The van der Waals surface area contributed by atoms with Crippen molar-refractivity contribution in [2.75, 3.05) is 0 Å². The molecule has 1 heterocycles. The molecule has 4 aromatic rings. The second kappa shape index (κ2) is 5.89. The average Bonchev–Trinajstić information content (AvgIpc) is 3.09. The summed E-state index contributed by atoms with van der Waals surface area (Å²) >= 11 is 0. The zero-order valence-electron chi connectivity index (χ0n) is 12.6. The van der Waals surface area contributed by atoms with Crippen molar-refractivity contribution in [1.29, 1.82) is 0 Å². The van der Waals surface area contributed by atoms with Gasteiger partial charge >= 0.3 is 5.82 Å². The van der Waals surface area contributed by atoms with Crippen LogP contribution in [0.5, 0.6) is 0 Å². The molecule has 0 aliphatic heterocycles. The van der Waals surface area contributed by atoms with E-state index < -0.39 is 0 Å². The number of hydrogen-bond donors (Lipinski definition) is 0. The first kappa shape index (κ1) is 13.5. The highest BCUT2D eigenvalue weighted by molar-refractivity contribution is 5.52. The van der Waals surface area contributed by atoms with Crippen LogP contribution < -0.4 is 4.57 Å². The van der Waals surface area contributed by atoms with Gasteiger partial charge in [-0.15, -0.1) is 0 Å². The average molecular weight is 298 g/mol. The van der Waals surface area contributed by atoms with Crippen molar-refractivity contribution in [3.8, 4) is 22.8 Å². The third-order valence-electron chi connectivity index (χ3n) is 3.74. The Hall–Kier alpha value is -3.20. The van der Waals surface area contributed by atoms with E-state index in [2.05, 4.69) is 41.0 Å². The number of benzene rings is 3. The van der Waals surface area contributed by atoms with Crippen molar-refractivity contribution >= 4 is 0 Å². The lowest BCUT2D eigenvalue weighted by Crippen LogP contribution is -2.30. The summed E-state index contributed by atoms with van der Waals surface area (Å²) < 4.78 is 4.03. The fraction of sp³-hybridized carbons (Fsp3) is 0. The van der Waals surface area contributed by atoms with Gasteiger partial charge in [-0.2, -0.15) is 4.57 Å². The van der Waals surface area contributed by atoms with Crippen LogP contribution in [-0.4, -0.2) is 9.78 Å². The Morgan fingerprint density at radius 1 is 0.652 bits per heavy atom. The second-order valence-electron chi connectivity index (χ2n) is 5.29. The van der Waals surface area contributed by atoms with Gasteiger partial charge in [-0.05, 0) is 36.4 Å². The minimum atomic E-state index is 0.917. The van der Waals surface area contributed by atoms with Crippen LogP contribution in [0.3, 0.4) is 0 Å². The zero-order valence-corrected chi connectivity index (χ0v) is 12.6. The summed E-state index contributed by atoms with van der Waals surface area (Å²) in [6.07, 6.45) is 2.02. The van der Waals surface area contributed by atoms with Crippen LogP contribution in [0.15, 0.2) is 97.3 Å². The van der Waals surface area contributed by atoms with E-state index in [1.165, 1.54) is 0 Å². The molecule has 3 aromatic carbocycles. The normalized spacial score (nSPS) is 10.6. The summed E-state index contributed by atoms with van der Waals surface area (Å²) in [6.45, 7) is 0. The highest BCUT2D eigenvalue weighted by Crippen LogP contribution is 2.16. The maximum atomic E-state index is 4.81. The van der Waals surface area contributed by atoms with Crippen molar-refractivity contribution in [3.05, 3.63) is 97.3 Å². The van der Waals surface area contributed by atoms with Crippen LogP contribution in [-0.2, 0) is 0 Å². The molecule has 0 aliphatic rings. The topological polar surface area (TPSA) is 21.7 Å². The van der Waals surface area contributed by atoms with Crippen molar-refractivity contribution < 1.29 is 4.57 Å². The number of rotatable bonds is 3. The Morgan fingerprint density at radius 3 is 1.87 bits per heavy atom. The summed E-state index contributed by atoms with van der Waals surface area (Å²) in [4.78, 5) is 0. The number of nitrogens with zero attached hydrogens (tertiary/aromatic N) is 3. The van der Waals surface area contributed by atoms with E-state index in [0.29, 0.717) is 0 Å². The molecule has 0 saturated carbocycles. The third-order valence-corrected chi connectivity index (χ3v) is 3.74. The minimum Gasteiger partial charge on any atom is -0.196 e. The van der Waals surface area contributed by atoms with Crippen LogP contribution in [0.1, 0.15) is 0 Å². The zero-order chi connectivity index (χ0) is 15.5. The first-order valence-electron chi connectivity index (χ1n) is 7.59. The monoisotopic (exact) mass is 298 g/mol. The van der Waals surface area contributed by atoms with Gasteiger partial charge in [0.2, 0.25) is 6.33 Å². The lowest BCUT2D eigenvalue weighted by atomic mass is 10.2. The van der Waals surface area contributed by atoms with Crippen LogP contribution in [0.2, 0.25) is 0 Å². The Bertz CT molecular complexity index is 841. The molecule has 3 nitrogen and oxygen atoms in total. The number of hydrogen-bond acceptors (Lipinski definition) is 1. The largest absolute Gasteiger partial charge is 0.314 e. The molecule has 0 N–H and O–H groups in total. The molecule has 4 rings (SSSR count). The van der Waals surface area contributed by atoms with Crippen LogP contribution in [0, 0.1) is 0 Å². The van der Waals surface area contributed by atoms with Crippen molar-refractivity contribution in [3.63, 3.8) is 0 Å². The van der Waals surface area contributed by atoms with Crippen molar-refractivity contribution in [1.82, 2.24) is 9.78 Å². The SMILES string of the molecule is c1ccc(-c2nn(-c3ccccc3)c[n+]2-c2ccccc2)cc1. The maximum absolute atomic E-state index is 4.81. The Balaban J connectivity index is 1.91. The van der Waals surface area contributed by atoms with Gasteiger partial charge in [0.05, 0.1) is 10.7 Å². The van der Waals surface area contributed by atoms with E-state index in [1.807, 2.05) is 65.6 Å². The summed E-state index contributed by atoms with van der Waals surface area (Å²) in [5.41, 5.74) is 3.22. The van der Waals surface area contributed by atoms with Crippen LogP contribution in [0.4, 0.5) is 0 Å². The summed E-state index contributed by atoms with van der Waals surface area (Å²) in [5.74, 6) is 0.917. The van der Waals surface area contributed by atoms with Crippen molar-refractivity contribution in [2.45, 2.75) is 0 Å². The molecule has 23 heavy (non-hydrogen) atoms. The lowest BCUT2D eigenvalue weighted by molar-refractivity contribution is -0.584. The van der Waals surface area contributed by atoms with Gasteiger partial charge in [-0.25, -0.2) is 0 Å². The van der Waals surface area contributed by atoms with E-state index in [1.54, 1.807) is 0 Å². The molecule has 0 spiro atoms. The predicted octanol–water partition coefficient (Wildman–Crippen LogP) is 3.82. The van der Waals surface area contributed by atoms with Gasteiger partial charge in [-0.1, -0.05) is 59.3 Å². The van der Waals surface area contributed by atoms with E-state index in [-0.39, 0.29) is 0 Å².